The Morgan fingerprint density at radius 1 is 1.36 bits per heavy atom. The summed E-state index contributed by atoms with van der Waals surface area (Å²) in [5.74, 6) is -1.11. The molecule has 1 aliphatic rings. The molecule has 1 aromatic carbocycles. The van der Waals surface area contributed by atoms with E-state index in [-0.39, 0.29) is 30.9 Å². The molecule has 0 unspecified atom stereocenters. The summed E-state index contributed by atoms with van der Waals surface area (Å²) in [6.45, 7) is 0.0728. The molecule has 1 amide bonds. The molecule has 2 heterocycles. The number of hydrogen-bond donors (Lipinski definition) is 1. The molecule has 0 aliphatic carbocycles. The zero-order valence-electron chi connectivity index (χ0n) is 13.7. The minimum absolute atomic E-state index is 0.0165. The maximum atomic E-state index is 14.1. The molecule has 1 saturated heterocycles. The number of amides is 1. The van der Waals surface area contributed by atoms with Crippen LogP contribution in [0.3, 0.4) is 0 Å². The summed E-state index contributed by atoms with van der Waals surface area (Å²) in [6.07, 6.45) is -0.635. The van der Waals surface area contributed by atoms with E-state index in [4.69, 9.17) is 4.74 Å². The lowest BCUT2D eigenvalue weighted by Gasteiger charge is -2.25. The van der Waals surface area contributed by atoms with Gasteiger partial charge in [-0.1, -0.05) is 6.07 Å². The third-order valence-electron chi connectivity index (χ3n) is 4.24. The molecule has 132 valence electrons. The molecule has 3 rings (SSSR count). The molecular weight excluding hydrogens is 330 g/mol. The van der Waals surface area contributed by atoms with Crippen LogP contribution in [0.25, 0.3) is 0 Å². The van der Waals surface area contributed by atoms with Gasteiger partial charge in [-0.25, -0.2) is 13.8 Å². The van der Waals surface area contributed by atoms with Gasteiger partial charge in [0.2, 0.25) is 11.8 Å². The molecule has 2 atom stereocenters. The lowest BCUT2D eigenvalue weighted by molar-refractivity contribution is -0.131. The van der Waals surface area contributed by atoms with Gasteiger partial charge >= 0.3 is 0 Å². The standard InChI is InChI=1S/C18H18F2N2O3/c1-25-17-4-2-3-12(21-17)8-18(24)22-10-13(23)9-16(22)14-7-11(19)5-6-15(14)20/h2-7,13,16,23H,8-10H2,1H3/t13-,16+/m0/s1. The zero-order chi connectivity index (χ0) is 18.0. The van der Waals surface area contributed by atoms with Crippen molar-refractivity contribution < 1.29 is 23.4 Å². The Bertz CT molecular complexity index is 785. The van der Waals surface area contributed by atoms with E-state index in [1.165, 1.54) is 12.0 Å². The van der Waals surface area contributed by atoms with Crippen molar-refractivity contribution in [1.82, 2.24) is 9.88 Å². The first-order chi connectivity index (χ1) is 12.0. The number of aliphatic hydroxyl groups is 1. The van der Waals surface area contributed by atoms with E-state index < -0.39 is 23.8 Å². The Hall–Kier alpha value is -2.54. The van der Waals surface area contributed by atoms with E-state index in [1.807, 2.05) is 0 Å². The van der Waals surface area contributed by atoms with Crippen LogP contribution in [0.5, 0.6) is 5.88 Å². The van der Waals surface area contributed by atoms with Crippen molar-refractivity contribution in [2.24, 2.45) is 0 Å². The maximum absolute atomic E-state index is 14.1. The van der Waals surface area contributed by atoms with Gasteiger partial charge in [0.05, 0.1) is 31.4 Å². The number of pyridine rings is 1. The molecule has 0 spiro atoms. The second-order valence-corrected chi connectivity index (χ2v) is 5.97. The summed E-state index contributed by atoms with van der Waals surface area (Å²) in [5, 5.41) is 9.94. The first-order valence-corrected chi connectivity index (χ1v) is 7.90. The van der Waals surface area contributed by atoms with Crippen molar-refractivity contribution >= 4 is 5.91 Å². The number of methoxy groups -OCH3 is 1. The van der Waals surface area contributed by atoms with Crippen LogP contribution in [-0.4, -0.2) is 40.7 Å². The fraction of sp³-hybridized carbons (Fsp3) is 0.333. The van der Waals surface area contributed by atoms with Crippen LogP contribution in [0.2, 0.25) is 0 Å². The fourth-order valence-corrected chi connectivity index (χ4v) is 3.08. The molecule has 25 heavy (non-hydrogen) atoms. The van der Waals surface area contributed by atoms with Crippen LogP contribution >= 0.6 is 0 Å². The van der Waals surface area contributed by atoms with E-state index in [9.17, 15) is 18.7 Å². The third-order valence-corrected chi connectivity index (χ3v) is 4.24. The van der Waals surface area contributed by atoms with Gasteiger partial charge in [0.15, 0.2) is 0 Å². The highest BCUT2D eigenvalue weighted by Crippen LogP contribution is 2.34. The number of β-amino-alcohol motifs (C(OH)–C–C–N with tert-alkyl or cyclic N) is 1. The average molecular weight is 348 g/mol. The molecule has 5 nitrogen and oxygen atoms in total. The van der Waals surface area contributed by atoms with Crippen molar-refractivity contribution in [3.8, 4) is 5.88 Å². The van der Waals surface area contributed by atoms with Crippen molar-refractivity contribution in [3.63, 3.8) is 0 Å². The van der Waals surface area contributed by atoms with Crippen molar-refractivity contribution in [1.29, 1.82) is 0 Å². The first-order valence-electron chi connectivity index (χ1n) is 7.90. The molecule has 0 saturated carbocycles. The minimum Gasteiger partial charge on any atom is -0.481 e. The zero-order valence-corrected chi connectivity index (χ0v) is 13.7. The van der Waals surface area contributed by atoms with Crippen LogP contribution in [0.4, 0.5) is 8.78 Å². The average Bonchev–Trinajstić information content (AvgIpc) is 2.99. The number of aromatic nitrogens is 1. The van der Waals surface area contributed by atoms with Gasteiger partial charge in [0, 0.05) is 18.2 Å². The minimum atomic E-state index is -0.783. The van der Waals surface area contributed by atoms with Crippen molar-refractivity contribution in [2.75, 3.05) is 13.7 Å². The molecule has 2 aromatic rings. The Labute approximate surface area is 143 Å². The highest BCUT2D eigenvalue weighted by atomic mass is 19.1. The van der Waals surface area contributed by atoms with Crippen LogP contribution in [-0.2, 0) is 11.2 Å². The number of carbonyl (C=O) groups excluding carboxylic acids is 1. The fourth-order valence-electron chi connectivity index (χ4n) is 3.08. The molecule has 1 N–H and O–H groups in total. The summed E-state index contributed by atoms with van der Waals surface area (Å²) in [5.41, 5.74) is 0.577. The first kappa shape index (κ1) is 17.3. The number of carbonyl (C=O) groups is 1. The van der Waals surface area contributed by atoms with E-state index in [0.717, 1.165) is 18.2 Å². The predicted octanol–water partition coefficient (Wildman–Crippen LogP) is 2.25. The van der Waals surface area contributed by atoms with Gasteiger partial charge in [-0.15, -0.1) is 0 Å². The van der Waals surface area contributed by atoms with E-state index in [0.29, 0.717) is 11.6 Å². The summed E-state index contributed by atoms with van der Waals surface area (Å²) in [7, 11) is 1.48. The Morgan fingerprint density at radius 3 is 2.92 bits per heavy atom. The van der Waals surface area contributed by atoms with Crippen molar-refractivity contribution in [3.05, 3.63) is 59.3 Å². The second kappa shape index (κ2) is 7.14. The maximum Gasteiger partial charge on any atom is 0.229 e. The number of halogens is 2. The van der Waals surface area contributed by atoms with Gasteiger partial charge < -0.3 is 14.7 Å². The van der Waals surface area contributed by atoms with Crippen LogP contribution in [0.1, 0.15) is 23.7 Å². The Kier molecular flexibility index (Phi) is 4.94. The Balaban J connectivity index is 1.83. The summed E-state index contributed by atoms with van der Waals surface area (Å²) < 4.78 is 32.6. The van der Waals surface area contributed by atoms with Crippen LogP contribution in [0, 0.1) is 11.6 Å². The number of benzene rings is 1. The lowest BCUT2D eigenvalue weighted by Crippen LogP contribution is -2.33. The molecule has 1 aromatic heterocycles. The number of aliphatic hydroxyl groups excluding tert-OH is 1. The lowest BCUT2D eigenvalue weighted by atomic mass is 10.0. The molecule has 0 radical (unpaired) electrons. The molecule has 7 heteroatoms. The second-order valence-electron chi connectivity index (χ2n) is 5.97. The van der Waals surface area contributed by atoms with E-state index in [2.05, 4.69) is 4.98 Å². The van der Waals surface area contributed by atoms with Crippen molar-refractivity contribution in [2.45, 2.75) is 25.0 Å². The highest BCUT2D eigenvalue weighted by Gasteiger charge is 2.36. The number of likely N-dealkylation sites (tertiary alicyclic amines) is 1. The summed E-state index contributed by atoms with van der Waals surface area (Å²) >= 11 is 0. The number of rotatable bonds is 4. The summed E-state index contributed by atoms with van der Waals surface area (Å²) in [4.78, 5) is 18.2. The normalized spacial score (nSPS) is 19.9. The Morgan fingerprint density at radius 2 is 2.16 bits per heavy atom. The topological polar surface area (TPSA) is 62.7 Å². The van der Waals surface area contributed by atoms with E-state index in [1.54, 1.807) is 18.2 Å². The number of nitrogens with zero attached hydrogens (tertiary/aromatic N) is 2. The number of ether oxygens (including phenoxy) is 1. The van der Waals surface area contributed by atoms with Gasteiger partial charge in [-0.3, -0.25) is 4.79 Å². The molecule has 0 bridgehead atoms. The van der Waals surface area contributed by atoms with E-state index >= 15 is 0 Å². The molecule has 1 aliphatic heterocycles. The molecule has 1 fully saturated rings. The highest BCUT2D eigenvalue weighted by molar-refractivity contribution is 5.79. The predicted molar refractivity (Wildman–Crippen MR) is 85.9 cm³/mol. The smallest absolute Gasteiger partial charge is 0.229 e. The van der Waals surface area contributed by atoms with Gasteiger partial charge in [-0.2, -0.15) is 0 Å². The monoisotopic (exact) mass is 348 g/mol. The molecular formula is C18H18F2N2O3. The summed E-state index contributed by atoms with van der Waals surface area (Å²) in [6, 6.07) is 7.49. The van der Waals surface area contributed by atoms with Gasteiger partial charge in [-0.05, 0) is 30.7 Å². The van der Waals surface area contributed by atoms with Crippen LogP contribution < -0.4 is 4.74 Å². The third kappa shape index (κ3) is 3.76. The quantitative estimate of drug-likeness (QED) is 0.921. The van der Waals surface area contributed by atoms with Gasteiger partial charge in [0.25, 0.3) is 0 Å². The van der Waals surface area contributed by atoms with Gasteiger partial charge in [0.1, 0.15) is 11.6 Å². The van der Waals surface area contributed by atoms with Crippen LogP contribution in [0.15, 0.2) is 36.4 Å². The largest absolute Gasteiger partial charge is 0.481 e. The number of hydrogen-bond acceptors (Lipinski definition) is 4. The SMILES string of the molecule is COc1cccc(CC(=O)N2C[C@@H](O)C[C@@H]2c2cc(F)ccc2F)n1.